The number of hydrogen-bond acceptors (Lipinski definition) is 4. The van der Waals surface area contributed by atoms with Gasteiger partial charge >= 0.3 is 0 Å². The molecule has 0 radical (unpaired) electrons. The van der Waals surface area contributed by atoms with Gasteiger partial charge in [-0.25, -0.2) is 13.9 Å². The first-order chi connectivity index (χ1) is 13.6. The van der Waals surface area contributed by atoms with Gasteiger partial charge in [0.05, 0.1) is 11.3 Å². The van der Waals surface area contributed by atoms with Gasteiger partial charge < -0.3 is 5.11 Å². The molecule has 2 aromatic carbocycles. The van der Waals surface area contributed by atoms with Crippen molar-refractivity contribution in [2.45, 2.75) is 6.92 Å². The molecule has 0 aliphatic heterocycles. The van der Waals surface area contributed by atoms with Crippen LogP contribution in [0.3, 0.4) is 0 Å². The highest BCUT2D eigenvalue weighted by atomic mass is 19.1. The van der Waals surface area contributed by atoms with E-state index >= 15 is 0 Å². The molecule has 5 nitrogen and oxygen atoms in total. The monoisotopic (exact) mass is 373 g/mol. The first-order valence-electron chi connectivity index (χ1n) is 8.64. The molecule has 0 amide bonds. The topological polar surface area (TPSA) is 67.5 Å². The lowest BCUT2D eigenvalue weighted by molar-refractivity contribution is 0.435. The lowest BCUT2D eigenvalue weighted by Crippen LogP contribution is -2.20. The van der Waals surface area contributed by atoms with Gasteiger partial charge in [-0.3, -0.25) is 9.79 Å². The summed E-state index contributed by atoms with van der Waals surface area (Å²) in [6.45, 7) is 1.82. The van der Waals surface area contributed by atoms with E-state index in [1.165, 1.54) is 18.3 Å². The molecule has 0 saturated heterocycles. The van der Waals surface area contributed by atoms with Crippen LogP contribution in [0.5, 0.6) is 5.88 Å². The van der Waals surface area contributed by atoms with Gasteiger partial charge in [-0.1, -0.05) is 30.3 Å². The van der Waals surface area contributed by atoms with Gasteiger partial charge in [-0.15, -0.1) is 0 Å². The number of aromatic hydroxyl groups is 1. The number of aryl methyl sites for hydroxylation is 1. The number of halogens is 1. The molecule has 0 aliphatic rings. The number of benzene rings is 2. The van der Waals surface area contributed by atoms with Gasteiger partial charge in [0.25, 0.3) is 5.56 Å². The summed E-state index contributed by atoms with van der Waals surface area (Å²) >= 11 is 0. The van der Waals surface area contributed by atoms with Gasteiger partial charge in [0.1, 0.15) is 11.6 Å². The zero-order valence-corrected chi connectivity index (χ0v) is 15.0. The van der Waals surface area contributed by atoms with E-state index in [0.29, 0.717) is 27.8 Å². The standard InChI is InChI=1S/C22H16FN3O2/c1-14-9-10-15(23)12-19(14)25-13-18-16-6-2-3-7-17(16)21(27)26(22(18)28)20-8-4-5-11-24-20/h2-13,28H,1H3. The fourth-order valence-electron chi connectivity index (χ4n) is 3.04. The van der Waals surface area contributed by atoms with Gasteiger partial charge in [0.15, 0.2) is 0 Å². The summed E-state index contributed by atoms with van der Waals surface area (Å²) < 4.78 is 14.7. The summed E-state index contributed by atoms with van der Waals surface area (Å²) in [5.74, 6) is -0.377. The van der Waals surface area contributed by atoms with Crippen LogP contribution in [-0.2, 0) is 0 Å². The Morgan fingerprint density at radius 3 is 2.57 bits per heavy atom. The number of fused-ring (bicyclic) bond motifs is 1. The largest absolute Gasteiger partial charge is 0.494 e. The van der Waals surface area contributed by atoms with Gasteiger partial charge in [-0.2, -0.15) is 0 Å². The van der Waals surface area contributed by atoms with E-state index in [0.717, 1.165) is 10.1 Å². The van der Waals surface area contributed by atoms with Crippen LogP contribution in [0.15, 0.2) is 76.6 Å². The highest BCUT2D eigenvalue weighted by Crippen LogP contribution is 2.26. The van der Waals surface area contributed by atoms with Gasteiger partial charge in [0, 0.05) is 23.2 Å². The lowest BCUT2D eigenvalue weighted by atomic mass is 10.1. The molecule has 0 atom stereocenters. The average molecular weight is 373 g/mol. The second-order valence-corrected chi connectivity index (χ2v) is 6.30. The molecule has 0 unspecified atom stereocenters. The Balaban J connectivity index is 1.99. The van der Waals surface area contributed by atoms with Crippen LogP contribution in [0.1, 0.15) is 11.1 Å². The Kier molecular flexibility index (Phi) is 4.45. The van der Waals surface area contributed by atoms with Crippen molar-refractivity contribution in [2.75, 3.05) is 0 Å². The van der Waals surface area contributed by atoms with Gasteiger partial charge in [0.2, 0.25) is 5.88 Å². The Morgan fingerprint density at radius 1 is 1.07 bits per heavy atom. The number of aliphatic imine (C=N–C) groups is 1. The fraction of sp³-hybridized carbons (Fsp3) is 0.0455. The molecule has 6 heteroatoms. The number of hydrogen-bond donors (Lipinski definition) is 1. The van der Waals surface area contributed by atoms with Crippen LogP contribution in [-0.4, -0.2) is 20.9 Å². The van der Waals surface area contributed by atoms with Crippen molar-refractivity contribution in [3.63, 3.8) is 0 Å². The third kappa shape index (κ3) is 3.05. The lowest BCUT2D eigenvalue weighted by Gasteiger charge is -2.12. The number of pyridine rings is 2. The minimum Gasteiger partial charge on any atom is -0.494 e. The molecule has 4 aromatic rings. The van der Waals surface area contributed by atoms with E-state index < -0.39 is 5.82 Å². The van der Waals surface area contributed by atoms with Crippen molar-refractivity contribution in [2.24, 2.45) is 4.99 Å². The molecule has 2 aromatic heterocycles. The fourth-order valence-corrected chi connectivity index (χ4v) is 3.04. The van der Waals surface area contributed by atoms with Crippen molar-refractivity contribution >= 4 is 22.7 Å². The normalized spacial score (nSPS) is 11.4. The first-order valence-corrected chi connectivity index (χ1v) is 8.64. The Labute approximate surface area is 160 Å². The smallest absolute Gasteiger partial charge is 0.267 e. The van der Waals surface area contributed by atoms with E-state index in [9.17, 15) is 14.3 Å². The molecule has 2 heterocycles. The van der Waals surface area contributed by atoms with E-state index in [1.54, 1.807) is 54.7 Å². The molecular formula is C22H16FN3O2. The predicted octanol–water partition coefficient (Wildman–Crippen LogP) is 4.29. The minimum atomic E-state index is -0.398. The maximum Gasteiger partial charge on any atom is 0.267 e. The molecule has 0 aliphatic carbocycles. The van der Waals surface area contributed by atoms with E-state index in [-0.39, 0.29) is 11.4 Å². The van der Waals surface area contributed by atoms with Crippen molar-refractivity contribution in [1.82, 2.24) is 9.55 Å². The average Bonchev–Trinajstić information content (AvgIpc) is 2.71. The van der Waals surface area contributed by atoms with Crippen molar-refractivity contribution in [3.05, 3.63) is 94.2 Å². The molecule has 0 bridgehead atoms. The van der Waals surface area contributed by atoms with Gasteiger partial charge in [-0.05, 0) is 42.8 Å². The predicted molar refractivity (Wildman–Crippen MR) is 107 cm³/mol. The molecule has 28 heavy (non-hydrogen) atoms. The molecular weight excluding hydrogens is 357 g/mol. The molecule has 138 valence electrons. The van der Waals surface area contributed by atoms with E-state index in [1.807, 2.05) is 6.92 Å². The first kappa shape index (κ1) is 17.6. The summed E-state index contributed by atoms with van der Waals surface area (Å²) in [4.78, 5) is 21.5. The third-order valence-electron chi connectivity index (χ3n) is 4.49. The summed E-state index contributed by atoms with van der Waals surface area (Å²) in [6.07, 6.45) is 2.98. The maximum atomic E-state index is 13.6. The highest BCUT2D eigenvalue weighted by Gasteiger charge is 2.16. The van der Waals surface area contributed by atoms with Crippen LogP contribution in [0.2, 0.25) is 0 Å². The van der Waals surface area contributed by atoms with Crippen LogP contribution >= 0.6 is 0 Å². The molecule has 0 saturated carbocycles. The second kappa shape index (κ2) is 7.08. The zero-order valence-electron chi connectivity index (χ0n) is 15.0. The minimum absolute atomic E-state index is 0.278. The molecule has 0 spiro atoms. The number of rotatable bonds is 3. The third-order valence-corrected chi connectivity index (χ3v) is 4.49. The van der Waals surface area contributed by atoms with Crippen LogP contribution in [0, 0.1) is 12.7 Å². The Hall–Kier alpha value is -3.80. The summed E-state index contributed by atoms with van der Waals surface area (Å²) in [5.41, 5.74) is 1.20. The zero-order chi connectivity index (χ0) is 19.7. The Morgan fingerprint density at radius 2 is 1.82 bits per heavy atom. The molecule has 0 fully saturated rings. The van der Waals surface area contributed by atoms with Crippen LogP contribution in [0.25, 0.3) is 16.6 Å². The Bertz CT molecular complexity index is 1260. The summed E-state index contributed by atoms with van der Waals surface area (Å²) in [7, 11) is 0. The van der Waals surface area contributed by atoms with E-state index in [2.05, 4.69) is 9.98 Å². The van der Waals surface area contributed by atoms with Crippen molar-refractivity contribution < 1.29 is 9.50 Å². The summed E-state index contributed by atoms with van der Waals surface area (Å²) in [6, 6.07) is 16.3. The quantitative estimate of drug-likeness (QED) is 0.545. The SMILES string of the molecule is Cc1ccc(F)cc1N=Cc1c(O)n(-c2ccccn2)c(=O)c2ccccc12. The highest BCUT2D eigenvalue weighted by molar-refractivity contribution is 6.02. The molecule has 4 rings (SSSR count). The second-order valence-electron chi connectivity index (χ2n) is 6.30. The molecule has 1 N–H and O–H groups in total. The number of nitrogens with zero attached hydrogens (tertiary/aromatic N) is 3. The van der Waals surface area contributed by atoms with Crippen molar-refractivity contribution in [3.8, 4) is 11.7 Å². The summed E-state index contributed by atoms with van der Waals surface area (Å²) in [5, 5.41) is 11.9. The maximum absolute atomic E-state index is 13.6. The van der Waals surface area contributed by atoms with Crippen LogP contribution in [0.4, 0.5) is 10.1 Å². The van der Waals surface area contributed by atoms with E-state index in [4.69, 9.17) is 0 Å². The van der Waals surface area contributed by atoms with Crippen LogP contribution < -0.4 is 5.56 Å². The number of aromatic nitrogens is 2. The van der Waals surface area contributed by atoms with Crippen molar-refractivity contribution in [1.29, 1.82) is 0 Å².